The highest BCUT2D eigenvalue weighted by Crippen LogP contribution is 1.82. The lowest BCUT2D eigenvalue weighted by Crippen LogP contribution is -2.15. The van der Waals surface area contributed by atoms with Gasteiger partial charge in [0, 0.05) is 19.7 Å². The van der Waals surface area contributed by atoms with Gasteiger partial charge < -0.3 is 10.1 Å². The molecule has 1 amide bonds. The largest absolute Gasteiger partial charge is 0.486 e. The molecule has 62 valence electrons. The van der Waals surface area contributed by atoms with Crippen LogP contribution in [0.3, 0.4) is 0 Å². The van der Waals surface area contributed by atoms with E-state index in [1.807, 2.05) is 0 Å². The number of carbonyl (C=O) groups excluding carboxylic acids is 1. The molecule has 0 heterocycles. The Balaban J connectivity index is 3.44. The van der Waals surface area contributed by atoms with Crippen LogP contribution in [-0.4, -0.2) is 26.5 Å². The van der Waals surface area contributed by atoms with Gasteiger partial charge in [0.25, 0.3) is 0 Å². The second-order valence-electron chi connectivity index (χ2n) is 1.75. The molecule has 0 fully saturated rings. The summed E-state index contributed by atoms with van der Waals surface area (Å²) in [7, 11) is 3.10. The molecule has 0 saturated carbocycles. The van der Waals surface area contributed by atoms with Gasteiger partial charge in [-0.2, -0.15) is 0 Å². The van der Waals surface area contributed by atoms with E-state index in [0.717, 1.165) is 0 Å². The van der Waals surface area contributed by atoms with Crippen LogP contribution in [0.4, 0.5) is 0 Å². The minimum Gasteiger partial charge on any atom is -0.486 e. The van der Waals surface area contributed by atoms with Gasteiger partial charge in [-0.15, -0.1) is 0 Å². The van der Waals surface area contributed by atoms with E-state index in [2.05, 4.69) is 15.0 Å². The number of methoxy groups -OCH3 is 1. The Morgan fingerprint density at radius 2 is 2.45 bits per heavy atom. The van der Waals surface area contributed by atoms with Gasteiger partial charge in [-0.3, -0.25) is 4.79 Å². The predicted octanol–water partition coefficient (Wildman–Crippen LogP) is 0.311. The van der Waals surface area contributed by atoms with Crippen molar-refractivity contribution in [3.8, 4) is 0 Å². The Labute approximate surface area is 66.0 Å². The van der Waals surface area contributed by atoms with Crippen molar-refractivity contribution >= 4 is 12.3 Å². The predicted molar refractivity (Wildman–Crippen MR) is 43.3 cm³/mol. The van der Waals surface area contributed by atoms with Gasteiger partial charge in [-0.25, -0.2) is 4.99 Å². The fourth-order valence-electron chi connectivity index (χ4n) is 0.419. The van der Waals surface area contributed by atoms with E-state index in [9.17, 15) is 4.79 Å². The molecule has 0 aromatic heterocycles. The Kier molecular flexibility index (Phi) is 5.98. The number of nitrogens with zero attached hydrogens (tertiary/aromatic N) is 1. The van der Waals surface area contributed by atoms with Crippen molar-refractivity contribution in [1.82, 2.24) is 5.32 Å². The van der Waals surface area contributed by atoms with Gasteiger partial charge in [-0.1, -0.05) is 6.08 Å². The van der Waals surface area contributed by atoms with Crippen molar-refractivity contribution in [2.75, 3.05) is 14.2 Å². The first-order chi connectivity index (χ1) is 5.31. The Morgan fingerprint density at radius 1 is 1.73 bits per heavy atom. The summed E-state index contributed by atoms with van der Waals surface area (Å²) in [6, 6.07) is 0. The molecule has 1 N–H and O–H groups in total. The summed E-state index contributed by atoms with van der Waals surface area (Å²) >= 11 is 0. The average Bonchev–Trinajstić information content (AvgIpc) is 2.04. The highest BCUT2D eigenvalue weighted by atomic mass is 16.5. The molecule has 4 nitrogen and oxygen atoms in total. The molecule has 4 heteroatoms. The maximum atomic E-state index is 10.6. The maximum Gasteiger partial charge on any atom is 0.223 e. The summed E-state index contributed by atoms with van der Waals surface area (Å²) in [4.78, 5) is 14.3. The molecule has 0 radical (unpaired) electrons. The standard InChI is InChI=1S/C7H12N2O2/c1-8-7(10)4-3-5-9-6-11-2/h3,5-6H,4H2,1-2H3,(H,8,10)/b5-3-,9-6?. The van der Waals surface area contributed by atoms with E-state index in [-0.39, 0.29) is 5.91 Å². The topological polar surface area (TPSA) is 50.7 Å². The van der Waals surface area contributed by atoms with E-state index >= 15 is 0 Å². The molecule has 0 aromatic carbocycles. The van der Waals surface area contributed by atoms with Crippen molar-refractivity contribution in [3.63, 3.8) is 0 Å². The van der Waals surface area contributed by atoms with Crippen LogP contribution in [0.1, 0.15) is 6.42 Å². The molecule has 0 aliphatic carbocycles. The lowest BCUT2D eigenvalue weighted by molar-refractivity contribution is -0.119. The average molecular weight is 156 g/mol. The van der Waals surface area contributed by atoms with E-state index in [0.29, 0.717) is 6.42 Å². The third-order valence-electron chi connectivity index (χ3n) is 0.940. The number of nitrogens with one attached hydrogen (secondary N) is 1. The molecule has 0 bridgehead atoms. The molecule has 11 heavy (non-hydrogen) atoms. The van der Waals surface area contributed by atoms with Crippen LogP contribution < -0.4 is 5.32 Å². The van der Waals surface area contributed by atoms with Gasteiger partial charge in [0.1, 0.15) is 0 Å². The first-order valence-electron chi connectivity index (χ1n) is 3.21. The van der Waals surface area contributed by atoms with Crippen LogP contribution in [-0.2, 0) is 9.53 Å². The van der Waals surface area contributed by atoms with E-state index in [1.165, 1.54) is 19.7 Å². The first kappa shape index (κ1) is 9.68. The Hall–Kier alpha value is -1.32. The number of hydrogen-bond acceptors (Lipinski definition) is 3. The molecule has 0 aromatic rings. The monoisotopic (exact) mass is 156 g/mol. The fraction of sp³-hybridized carbons (Fsp3) is 0.429. The summed E-state index contributed by atoms with van der Waals surface area (Å²) in [6.45, 7) is 0. The normalized spacial score (nSPS) is 10.7. The summed E-state index contributed by atoms with van der Waals surface area (Å²) in [5, 5.41) is 2.48. The molecular weight excluding hydrogens is 144 g/mol. The number of aliphatic imine (C=N–C) groups is 1. The summed E-state index contributed by atoms with van der Waals surface area (Å²) < 4.78 is 4.53. The highest BCUT2D eigenvalue weighted by Gasteiger charge is 1.89. The van der Waals surface area contributed by atoms with Crippen molar-refractivity contribution in [2.24, 2.45) is 4.99 Å². The van der Waals surface area contributed by atoms with E-state index < -0.39 is 0 Å². The van der Waals surface area contributed by atoms with Crippen LogP contribution in [0.5, 0.6) is 0 Å². The summed E-state index contributed by atoms with van der Waals surface area (Å²) in [5.74, 6) is -0.0335. The minimum absolute atomic E-state index is 0.0335. The Bertz CT molecular complexity index is 164. The SMILES string of the molecule is CNC(=O)C/C=C\N=COC. The quantitative estimate of drug-likeness (QED) is 0.470. The number of amides is 1. The maximum absolute atomic E-state index is 10.6. The molecule has 0 unspecified atom stereocenters. The number of hydrogen-bond donors (Lipinski definition) is 1. The van der Waals surface area contributed by atoms with Gasteiger partial charge >= 0.3 is 0 Å². The molecular formula is C7H12N2O2. The van der Waals surface area contributed by atoms with Crippen LogP contribution in [0.2, 0.25) is 0 Å². The smallest absolute Gasteiger partial charge is 0.223 e. The molecule has 0 rings (SSSR count). The molecule has 0 atom stereocenters. The summed E-state index contributed by atoms with van der Waals surface area (Å²) in [5.41, 5.74) is 0. The second-order valence-corrected chi connectivity index (χ2v) is 1.75. The zero-order valence-electron chi connectivity index (χ0n) is 6.70. The molecule has 0 aliphatic rings. The van der Waals surface area contributed by atoms with Crippen molar-refractivity contribution in [1.29, 1.82) is 0 Å². The fourth-order valence-corrected chi connectivity index (χ4v) is 0.419. The third-order valence-corrected chi connectivity index (χ3v) is 0.940. The zero-order valence-corrected chi connectivity index (χ0v) is 6.70. The second kappa shape index (κ2) is 6.80. The zero-order chi connectivity index (χ0) is 8.53. The van der Waals surface area contributed by atoms with Crippen molar-refractivity contribution in [2.45, 2.75) is 6.42 Å². The Morgan fingerprint density at radius 3 is 3.00 bits per heavy atom. The van der Waals surface area contributed by atoms with Crippen LogP contribution in [0.25, 0.3) is 0 Å². The van der Waals surface area contributed by atoms with Gasteiger partial charge in [-0.05, 0) is 0 Å². The number of rotatable bonds is 4. The van der Waals surface area contributed by atoms with E-state index in [1.54, 1.807) is 13.1 Å². The number of ether oxygens (including phenoxy) is 1. The van der Waals surface area contributed by atoms with Gasteiger partial charge in [0.15, 0.2) is 6.40 Å². The van der Waals surface area contributed by atoms with E-state index in [4.69, 9.17) is 0 Å². The van der Waals surface area contributed by atoms with Crippen LogP contribution >= 0.6 is 0 Å². The molecule has 0 saturated heterocycles. The molecule has 0 spiro atoms. The van der Waals surface area contributed by atoms with Gasteiger partial charge in [0.05, 0.1) is 7.11 Å². The van der Waals surface area contributed by atoms with Crippen molar-refractivity contribution < 1.29 is 9.53 Å². The third kappa shape index (κ3) is 6.57. The molecule has 0 aliphatic heterocycles. The number of carbonyl (C=O) groups is 1. The summed E-state index contributed by atoms with van der Waals surface area (Å²) in [6.07, 6.45) is 4.80. The van der Waals surface area contributed by atoms with Crippen molar-refractivity contribution in [3.05, 3.63) is 12.3 Å². The highest BCUT2D eigenvalue weighted by molar-refractivity contribution is 5.77. The van der Waals surface area contributed by atoms with Crippen LogP contribution in [0, 0.1) is 0 Å². The van der Waals surface area contributed by atoms with Crippen LogP contribution in [0.15, 0.2) is 17.3 Å². The van der Waals surface area contributed by atoms with Gasteiger partial charge in [0.2, 0.25) is 5.91 Å². The minimum atomic E-state index is -0.0335. The lowest BCUT2D eigenvalue weighted by atomic mass is 10.4. The lowest BCUT2D eigenvalue weighted by Gasteiger charge is -1.90. The first-order valence-corrected chi connectivity index (χ1v) is 3.21.